The average Bonchev–Trinajstić information content (AvgIpc) is 2.56. The molecule has 0 unspecified atom stereocenters. The van der Waals surface area contributed by atoms with Crippen LogP contribution in [0.5, 0.6) is 0 Å². The molecule has 0 radical (unpaired) electrons. The van der Waals surface area contributed by atoms with Crippen molar-refractivity contribution in [2.75, 3.05) is 7.05 Å². The quantitative estimate of drug-likeness (QED) is 0.855. The Morgan fingerprint density at radius 2 is 1.78 bits per heavy atom. The van der Waals surface area contributed by atoms with Gasteiger partial charge in [-0.05, 0) is 62.2 Å². The first-order valence-electron chi connectivity index (χ1n) is 7.67. The topological polar surface area (TPSA) is 58.2 Å². The SMILES string of the molecule is CNS(=O)(=O)c1cccc([C@@H](C)NCc2cccc(C)c2C)c1. The smallest absolute Gasteiger partial charge is 0.240 e. The predicted molar refractivity (Wildman–Crippen MR) is 93.9 cm³/mol. The molecule has 0 saturated heterocycles. The zero-order valence-electron chi connectivity index (χ0n) is 14.1. The summed E-state index contributed by atoms with van der Waals surface area (Å²) >= 11 is 0. The van der Waals surface area contributed by atoms with Crippen LogP contribution in [0.2, 0.25) is 0 Å². The van der Waals surface area contributed by atoms with Gasteiger partial charge in [0.05, 0.1) is 4.90 Å². The number of aryl methyl sites for hydroxylation is 1. The lowest BCUT2D eigenvalue weighted by Gasteiger charge is -2.17. The fourth-order valence-corrected chi connectivity index (χ4v) is 3.24. The van der Waals surface area contributed by atoms with Gasteiger partial charge in [0, 0.05) is 12.6 Å². The van der Waals surface area contributed by atoms with Crippen LogP contribution in [0.4, 0.5) is 0 Å². The molecule has 2 N–H and O–H groups in total. The molecule has 2 aromatic rings. The van der Waals surface area contributed by atoms with Gasteiger partial charge in [0.2, 0.25) is 10.0 Å². The minimum Gasteiger partial charge on any atom is -0.306 e. The van der Waals surface area contributed by atoms with Crippen molar-refractivity contribution in [2.24, 2.45) is 0 Å². The third kappa shape index (κ3) is 4.19. The van der Waals surface area contributed by atoms with E-state index in [2.05, 4.69) is 42.1 Å². The summed E-state index contributed by atoms with van der Waals surface area (Å²) in [4.78, 5) is 0.290. The van der Waals surface area contributed by atoms with Crippen molar-refractivity contribution >= 4 is 10.0 Å². The second-order valence-electron chi connectivity index (χ2n) is 5.74. The Kier molecular flexibility index (Phi) is 5.57. The highest BCUT2D eigenvalue weighted by molar-refractivity contribution is 7.89. The molecule has 2 aromatic carbocycles. The molecule has 0 heterocycles. The Morgan fingerprint density at radius 1 is 1.09 bits per heavy atom. The van der Waals surface area contributed by atoms with Gasteiger partial charge in [0.25, 0.3) is 0 Å². The molecule has 0 amide bonds. The van der Waals surface area contributed by atoms with Gasteiger partial charge >= 0.3 is 0 Å². The second-order valence-corrected chi connectivity index (χ2v) is 7.63. The van der Waals surface area contributed by atoms with Crippen molar-refractivity contribution in [3.05, 3.63) is 64.7 Å². The van der Waals surface area contributed by atoms with Crippen LogP contribution < -0.4 is 10.0 Å². The number of hydrogen-bond donors (Lipinski definition) is 2. The van der Waals surface area contributed by atoms with Crippen molar-refractivity contribution < 1.29 is 8.42 Å². The lowest BCUT2D eigenvalue weighted by Crippen LogP contribution is -2.21. The lowest BCUT2D eigenvalue weighted by atomic mass is 10.0. The minimum absolute atomic E-state index is 0.0573. The minimum atomic E-state index is -3.41. The summed E-state index contributed by atoms with van der Waals surface area (Å²) in [5.74, 6) is 0. The van der Waals surface area contributed by atoms with Crippen LogP contribution in [0, 0.1) is 13.8 Å². The summed E-state index contributed by atoms with van der Waals surface area (Å²) in [7, 11) is -1.99. The molecule has 0 bridgehead atoms. The Labute approximate surface area is 139 Å². The third-order valence-electron chi connectivity index (χ3n) is 4.25. The molecule has 23 heavy (non-hydrogen) atoms. The van der Waals surface area contributed by atoms with Crippen LogP contribution in [-0.4, -0.2) is 15.5 Å². The summed E-state index contributed by atoms with van der Waals surface area (Å²) in [5.41, 5.74) is 4.78. The highest BCUT2D eigenvalue weighted by Gasteiger charge is 2.14. The largest absolute Gasteiger partial charge is 0.306 e. The third-order valence-corrected chi connectivity index (χ3v) is 5.66. The van der Waals surface area contributed by atoms with E-state index in [1.165, 1.54) is 23.7 Å². The molecule has 0 saturated carbocycles. The van der Waals surface area contributed by atoms with Crippen molar-refractivity contribution in [2.45, 2.75) is 38.3 Å². The first-order valence-corrected chi connectivity index (χ1v) is 9.15. The first kappa shape index (κ1) is 17.7. The highest BCUT2D eigenvalue weighted by atomic mass is 32.2. The van der Waals surface area contributed by atoms with E-state index in [9.17, 15) is 8.42 Å². The average molecular weight is 332 g/mol. The molecule has 0 aromatic heterocycles. The molecule has 0 spiro atoms. The van der Waals surface area contributed by atoms with Crippen LogP contribution >= 0.6 is 0 Å². The summed E-state index contributed by atoms with van der Waals surface area (Å²) in [6.45, 7) is 7.01. The Bertz CT molecular complexity index is 785. The standard InChI is InChI=1S/C18H24N2O2S/c1-13-7-5-9-17(14(13)2)12-20-15(3)16-8-6-10-18(11-16)23(21,22)19-4/h5-11,15,19-20H,12H2,1-4H3/t15-/m1/s1. The number of sulfonamides is 1. The zero-order valence-corrected chi connectivity index (χ0v) is 14.9. The molecule has 124 valence electrons. The van der Waals surface area contributed by atoms with Crippen LogP contribution in [0.15, 0.2) is 47.4 Å². The van der Waals surface area contributed by atoms with Gasteiger partial charge < -0.3 is 5.32 Å². The van der Waals surface area contributed by atoms with Gasteiger partial charge in [-0.1, -0.05) is 30.3 Å². The van der Waals surface area contributed by atoms with Crippen molar-refractivity contribution in [1.82, 2.24) is 10.0 Å². The molecule has 0 aliphatic heterocycles. The molecule has 4 nitrogen and oxygen atoms in total. The van der Waals surface area contributed by atoms with E-state index in [1.807, 2.05) is 13.0 Å². The van der Waals surface area contributed by atoms with Gasteiger partial charge in [0.15, 0.2) is 0 Å². The van der Waals surface area contributed by atoms with Gasteiger partial charge in [-0.15, -0.1) is 0 Å². The van der Waals surface area contributed by atoms with E-state index in [0.29, 0.717) is 0 Å². The van der Waals surface area contributed by atoms with E-state index in [1.54, 1.807) is 18.2 Å². The van der Waals surface area contributed by atoms with E-state index in [0.717, 1.165) is 12.1 Å². The van der Waals surface area contributed by atoms with Crippen LogP contribution in [0.3, 0.4) is 0 Å². The fraction of sp³-hybridized carbons (Fsp3) is 0.333. The molecular formula is C18H24N2O2S. The van der Waals surface area contributed by atoms with Gasteiger partial charge in [-0.25, -0.2) is 13.1 Å². The van der Waals surface area contributed by atoms with Crippen molar-refractivity contribution in [1.29, 1.82) is 0 Å². The number of hydrogen-bond acceptors (Lipinski definition) is 3. The molecule has 0 aliphatic carbocycles. The maximum Gasteiger partial charge on any atom is 0.240 e. The van der Waals surface area contributed by atoms with E-state index >= 15 is 0 Å². The maximum absolute atomic E-state index is 11.9. The Hall–Kier alpha value is -1.69. The summed E-state index contributed by atoms with van der Waals surface area (Å²) in [6.07, 6.45) is 0. The Morgan fingerprint density at radius 3 is 2.48 bits per heavy atom. The Balaban J connectivity index is 2.14. The van der Waals surface area contributed by atoms with Gasteiger partial charge in [0.1, 0.15) is 0 Å². The summed E-state index contributed by atoms with van der Waals surface area (Å²) in [5, 5.41) is 3.46. The van der Waals surface area contributed by atoms with Crippen molar-refractivity contribution in [3.63, 3.8) is 0 Å². The fourth-order valence-electron chi connectivity index (χ4n) is 2.45. The van der Waals surface area contributed by atoms with Gasteiger partial charge in [-0.3, -0.25) is 0 Å². The number of nitrogens with one attached hydrogen (secondary N) is 2. The molecule has 5 heteroatoms. The maximum atomic E-state index is 11.9. The molecule has 2 rings (SSSR count). The van der Waals surface area contributed by atoms with Gasteiger partial charge in [-0.2, -0.15) is 0 Å². The number of rotatable bonds is 6. The van der Waals surface area contributed by atoms with Crippen LogP contribution in [0.25, 0.3) is 0 Å². The first-order chi connectivity index (χ1) is 10.8. The van der Waals surface area contributed by atoms with E-state index in [-0.39, 0.29) is 10.9 Å². The van der Waals surface area contributed by atoms with E-state index < -0.39 is 10.0 Å². The molecular weight excluding hydrogens is 308 g/mol. The molecule has 0 aliphatic rings. The van der Waals surface area contributed by atoms with E-state index in [4.69, 9.17) is 0 Å². The second kappa shape index (κ2) is 7.25. The number of benzene rings is 2. The normalized spacial score (nSPS) is 13.0. The highest BCUT2D eigenvalue weighted by Crippen LogP contribution is 2.19. The molecule has 0 fully saturated rings. The zero-order chi connectivity index (χ0) is 17.0. The van der Waals surface area contributed by atoms with Crippen LogP contribution in [-0.2, 0) is 16.6 Å². The summed E-state index contributed by atoms with van der Waals surface area (Å²) in [6, 6.07) is 13.4. The van der Waals surface area contributed by atoms with Crippen LogP contribution in [0.1, 0.15) is 35.2 Å². The molecule has 1 atom stereocenters. The predicted octanol–water partition coefficient (Wildman–Crippen LogP) is 3.06. The summed E-state index contributed by atoms with van der Waals surface area (Å²) < 4.78 is 26.2. The lowest BCUT2D eigenvalue weighted by molar-refractivity contribution is 0.570. The monoisotopic (exact) mass is 332 g/mol. The van der Waals surface area contributed by atoms with Crippen molar-refractivity contribution in [3.8, 4) is 0 Å².